The molecule has 0 amide bonds. The van der Waals surface area contributed by atoms with Gasteiger partial charge in [0.2, 0.25) is 6.71 Å². The van der Waals surface area contributed by atoms with E-state index in [1.54, 1.807) is 0 Å². The number of rotatable bonds is 1. The molecule has 1 heterocycles. The molecule has 0 spiro atoms. The molecule has 1 aliphatic heterocycles. The van der Waals surface area contributed by atoms with Crippen molar-refractivity contribution >= 4 is 98.5 Å². The summed E-state index contributed by atoms with van der Waals surface area (Å²) < 4.78 is 0. The molecule has 0 bridgehead atoms. The van der Waals surface area contributed by atoms with Gasteiger partial charge in [0.05, 0.1) is 0 Å². The highest BCUT2D eigenvalue weighted by Gasteiger charge is 2.36. The van der Waals surface area contributed by atoms with E-state index in [0.29, 0.717) is 0 Å². The van der Waals surface area contributed by atoms with E-state index in [1.165, 1.54) is 103 Å². The van der Waals surface area contributed by atoms with Gasteiger partial charge >= 0.3 is 0 Å². The molecule has 0 aromatic heterocycles. The molecule has 0 nitrogen and oxygen atoms in total. The second-order valence-corrected chi connectivity index (χ2v) is 12.9. The maximum atomic E-state index is 2.49. The molecular weight excluding hydrogens is 539 g/mol. The second-order valence-electron chi connectivity index (χ2n) is 12.9. The highest BCUT2D eigenvalue weighted by molar-refractivity contribution is 7.00. The normalized spacial score (nSPS) is 12.8. The lowest BCUT2D eigenvalue weighted by Gasteiger charge is -2.18. The van der Waals surface area contributed by atoms with E-state index in [-0.39, 0.29) is 6.71 Å². The van der Waals surface area contributed by atoms with E-state index in [0.717, 1.165) is 0 Å². The van der Waals surface area contributed by atoms with Crippen LogP contribution in [0.4, 0.5) is 0 Å². The highest BCUT2D eigenvalue weighted by Crippen LogP contribution is 2.39. The van der Waals surface area contributed by atoms with Crippen LogP contribution in [0, 0.1) is 0 Å². The molecule has 0 fully saturated rings. The molecule has 0 saturated heterocycles. The number of benzene rings is 10. The van der Waals surface area contributed by atoms with Crippen molar-refractivity contribution < 1.29 is 0 Å². The summed E-state index contributed by atoms with van der Waals surface area (Å²) in [5, 5.41) is 18.4. The third-order valence-electron chi connectivity index (χ3n) is 10.5. The molecule has 0 radical (unpaired) electrons. The van der Waals surface area contributed by atoms with Crippen molar-refractivity contribution in [3.8, 4) is 11.1 Å². The van der Waals surface area contributed by atoms with Gasteiger partial charge in [-0.2, -0.15) is 0 Å². The molecule has 1 aliphatic rings. The Hall–Kier alpha value is -5.66. The zero-order valence-electron chi connectivity index (χ0n) is 24.5. The predicted octanol–water partition coefficient (Wildman–Crippen LogP) is 9.69. The molecule has 10 aromatic carbocycles. The fraction of sp³-hybridized carbons (Fsp3) is 0. The molecule has 0 atom stereocenters. The van der Waals surface area contributed by atoms with Crippen molar-refractivity contribution in [2.75, 3.05) is 0 Å². The molecule has 11 rings (SSSR count). The first-order valence-corrected chi connectivity index (χ1v) is 15.9. The van der Waals surface area contributed by atoms with Gasteiger partial charge in [0.1, 0.15) is 0 Å². The summed E-state index contributed by atoms with van der Waals surface area (Å²) in [5.41, 5.74) is 6.93. The molecule has 0 N–H and O–H groups in total. The lowest BCUT2D eigenvalue weighted by molar-refractivity contribution is 1.76. The highest BCUT2D eigenvalue weighted by atomic mass is 14.2. The number of hydrogen-bond donors (Lipinski definition) is 0. The van der Waals surface area contributed by atoms with Crippen LogP contribution in [0.25, 0.3) is 86.5 Å². The fourth-order valence-electron chi connectivity index (χ4n) is 8.49. The average molecular weight is 564 g/mol. The SMILES string of the molecule is c1ccc2cc3cc(B4c5cc6cc7ccccc7cc6cc5-c5cc6ccc7cccc8ccc(c54)c6c78)ccc3cc2c1. The van der Waals surface area contributed by atoms with Crippen molar-refractivity contribution in [2.24, 2.45) is 0 Å². The van der Waals surface area contributed by atoms with Crippen molar-refractivity contribution in [2.45, 2.75) is 0 Å². The first-order chi connectivity index (χ1) is 22.3. The maximum absolute atomic E-state index is 2.49. The molecule has 0 aliphatic carbocycles. The zero-order valence-corrected chi connectivity index (χ0v) is 24.5. The third-order valence-corrected chi connectivity index (χ3v) is 10.5. The van der Waals surface area contributed by atoms with Gasteiger partial charge in [0.25, 0.3) is 0 Å². The van der Waals surface area contributed by atoms with E-state index < -0.39 is 0 Å². The van der Waals surface area contributed by atoms with Crippen molar-refractivity contribution in [3.05, 3.63) is 152 Å². The maximum Gasteiger partial charge on any atom is 0.243 e. The van der Waals surface area contributed by atoms with Gasteiger partial charge in [-0.3, -0.25) is 0 Å². The minimum Gasteiger partial charge on any atom is -0.0679 e. The van der Waals surface area contributed by atoms with Crippen LogP contribution in [0.5, 0.6) is 0 Å². The minimum atomic E-state index is 0.145. The van der Waals surface area contributed by atoms with Crippen LogP contribution < -0.4 is 16.4 Å². The number of hydrogen-bond acceptors (Lipinski definition) is 0. The summed E-state index contributed by atoms with van der Waals surface area (Å²) in [6.07, 6.45) is 0. The van der Waals surface area contributed by atoms with E-state index in [1.807, 2.05) is 0 Å². The van der Waals surface area contributed by atoms with Crippen molar-refractivity contribution in [1.82, 2.24) is 0 Å². The quantitative estimate of drug-likeness (QED) is 0.106. The summed E-state index contributed by atoms with van der Waals surface area (Å²) in [6, 6.07) is 57.5. The van der Waals surface area contributed by atoms with Crippen LogP contribution >= 0.6 is 0 Å². The molecule has 10 aromatic rings. The standard InChI is InChI=1S/C44H25B/c1-2-7-29-19-34-22-37(16-14-32(34)18-28(29)6-1)45-41-25-36-21-31-9-4-3-8-30(31)20-35(36)24-39(41)40-23-33-13-12-26-10-5-11-27-15-17-38(44(40)45)43(33)42(26)27/h1-25H. The third kappa shape index (κ3) is 3.22. The second kappa shape index (κ2) is 8.49. The lowest BCUT2D eigenvalue weighted by atomic mass is 9.38. The molecule has 204 valence electrons. The van der Waals surface area contributed by atoms with E-state index >= 15 is 0 Å². The van der Waals surface area contributed by atoms with Gasteiger partial charge < -0.3 is 0 Å². The summed E-state index contributed by atoms with van der Waals surface area (Å²) in [5.74, 6) is 0. The predicted molar refractivity (Wildman–Crippen MR) is 197 cm³/mol. The minimum absolute atomic E-state index is 0.145. The first-order valence-electron chi connectivity index (χ1n) is 15.9. The van der Waals surface area contributed by atoms with Gasteiger partial charge in [-0.15, -0.1) is 0 Å². The van der Waals surface area contributed by atoms with Crippen molar-refractivity contribution in [1.29, 1.82) is 0 Å². The molecular formula is C44H25B. The zero-order chi connectivity index (χ0) is 29.2. The summed E-state index contributed by atoms with van der Waals surface area (Å²) >= 11 is 0. The Morgan fingerprint density at radius 2 is 0.822 bits per heavy atom. The van der Waals surface area contributed by atoms with Crippen LogP contribution in [0.15, 0.2) is 152 Å². The van der Waals surface area contributed by atoms with Crippen LogP contribution in [0.3, 0.4) is 0 Å². The number of fused-ring (bicyclic) bond motifs is 8. The molecule has 0 saturated carbocycles. The average Bonchev–Trinajstić information content (AvgIpc) is 3.40. The summed E-state index contributed by atoms with van der Waals surface area (Å²) in [6.45, 7) is 0.145. The van der Waals surface area contributed by atoms with Gasteiger partial charge in [0.15, 0.2) is 0 Å². The molecule has 1 heteroatoms. The van der Waals surface area contributed by atoms with Crippen molar-refractivity contribution in [3.63, 3.8) is 0 Å². The van der Waals surface area contributed by atoms with E-state index in [4.69, 9.17) is 0 Å². The van der Waals surface area contributed by atoms with Gasteiger partial charge in [0, 0.05) is 0 Å². The lowest BCUT2D eigenvalue weighted by Crippen LogP contribution is -2.49. The Morgan fingerprint density at radius 3 is 1.53 bits per heavy atom. The first kappa shape index (κ1) is 23.8. The Balaban J connectivity index is 1.26. The van der Waals surface area contributed by atoms with Crippen LogP contribution in [-0.4, -0.2) is 6.71 Å². The smallest absolute Gasteiger partial charge is 0.0679 e. The largest absolute Gasteiger partial charge is 0.243 e. The van der Waals surface area contributed by atoms with Crippen LogP contribution in [-0.2, 0) is 0 Å². The Kier molecular flexibility index (Phi) is 4.48. The summed E-state index contributed by atoms with van der Waals surface area (Å²) in [7, 11) is 0. The van der Waals surface area contributed by atoms with Gasteiger partial charge in [-0.1, -0.05) is 132 Å². The molecule has 0 unspecified atom stereocenters. The molecule has 45 heavy (non-hydrogen) atoms. The fourth-order valence-corrected chi connectivity index (χ4v) is 8.49. The van der Waals surface area contributed by atoms with E-state index in [2.05, 4.69) is 152 Å². The van der Waals surface area contributed by atoms with E-state index in [9.17, 15) is 0 Å². The summed E-state index contributed by atoms with van der Waals surface area (Å²) in [4.78, 5) is 0. The Bertz CT molecular complexity index is 2860. The Morgan fingerprint density at radius 1 is 0.311 bits per heavy atom. The van der Waals surface area contributed by atoms with Gasteiger partial charge in [-0.25, -0.2) is 0 Å². The van der Waals surface area contributed by atoms with Crippen LogP contribution in [0.2, 0.25) is 0 Å². The van der Waals surface area contributed by atoms with Gasteiger partial charge in [-0.05, 0) is 123 Å². The van der Waals surface area contributed by atoms with Crippen LogP contribution in [0.1, 0.15) is 0 Å². The monoisotopic (exact) mass is 564 g/mol. The topological polar surface area (TPSA) is 0 Å². The Labute approximate surface area is 260 Å².